The van der Waals surface area contributed by atoms with Gasteiger partial charge in [-0.2, -0.15) is 0 Å². The zero-order valence-electron chi connectivity index (χ0n) is 12.3. The van der Waals surface area contributed by atoms with Gasteiger partial charge in [-0.1, -0.05) is 0 Å². The number of likely N-dealkylation sites (N-methyl/N-ethyl adjacent to an activating group) is 1. The van der Waals surface area contributed by atoms with Gasteiger partial charge >= 0.3 is 12.1 Å². The average molecular weight is 274 g/mol. The number of hydrogen-bond donors (Lipinski definition) is 3. The van der Waals surface area contributed by atoms with Crippen molar-refractivity contribution >= 4 is 12.1 Å². The minimum Gasteiger partial charge on any atom is -0.444 e. The summed E-state index contributed by atoms with van der Waals surface area (Å²) >= 11 is 0. The largest absolute Gasteiger partial charge is 0.444 e. The molecule has 0 saturated carbocycles. The van der Waals surface area contributed by atoms with E-state index < -0.39 is 11.6 Å². The molecule has 0 aliphatic carbocycles. The van der Waals surface area contributed by atoms with Gasteiger partial charge in [0.1, 0.15) is 5.60 Å². The van der Waals surface area contributed by atoms with Crippen LogP contribution in [-0.2, 0) is 4.74 Å². The van der Waals surface area contributed by atoms with E-state index in [1.165, 1.54) is 4.90 Å². The Balaban J connectivity index is 3.55. The molecule has 0 rings (SSSR count). The van der Waals surface area contributed by atoms with Crippen LogP contribution in [0.5, 0.6) is 0 Å². The van der Waals surface area contributed by atoms with Gasteiger partial charge in [-0.25, -0.2) is 9.59 Å². The quantitative estimate of drug-likeness (QED) is 0.589. The fourth-order valence-electron chi connectivity index (χ4n) is 1.23. The molecule has 0 saturated heterocycles. The minimum absolute atomic E-state index is 0.329. The molecule has 0 bridgehead atoms. The first-order chi connectivity index (χ1) is 8.72. The zero-order chi connectivity index (χ0) is 14.9. The molecule has 4 N–H and O–H groups in total. The van der Waals surface area contributed by atoms with Crippen LogP contribution in [0.3, 0.4) is 0 Å². The van der Waals surface area contributed by atoms with Crippen LogP contribution in [0.2, 0.25) is 0 Å². The second-order valence-corrected chi connectivity index (χ2v) is 5.30. The Hall–Kier alpha value is -1.50. The normalized spacial score (nSPS) is 10.9. The van der Waals surface area contributed by atoms with E-state index in [0.29, 0.717) is 19.6 Å². The molecule has 0 aromatic carbocycles. The molecule has 0 fully saturated rings. The molecule has 0 radical (unpaired) electrons. The lowest BCUT2D eigenvalue weighted by Gasteiger charge is -2.24. The molecule has 0 unspecified atom stereocenters. The lowest BCUT2D eigenvalue weighted by molar-refractivity contribution is 0.0300. The van der Waals surface area contributed by atoms with Crippen molar-refractivity contribution in [2.24, 2.45) is 5.73 Å². The standard InChI is InChI=1S/C12H26N4O3/c1-12(2,3)19-11(18)16(4)9-8-14-6-5-7-15-10(13)17/h14H,5-9H2,1-4H3,(H3,13,15,17). The van der Waals surface area contributed by atoms with E-state index in [9.17, 15) is 9.59 Å². The highest BCUT2D eigenvalue weighted by Crippen LogP contribution is 2.08. The molecule has 0 spiro atoms. The van der Waals surface area contributed by atoms with Gasteiger partial charge in [-0.3, -0.25) is 0 Å². The van der Waals surface area contributed by atoms with E-state index in [2.05, 4.69) is 10.6 Å². The summed E-state index contributed by atoms with van der Waals surface area (Å²) in [6.07, 6.45) is 0.462. The van der Waals surface area contributed by atoms with Crippen LogP contribution in [0.15, 0.2) is 0 Å². The van der Waals surface area contributed by atoms with Gasteiger partial charge < -0.3 is 26.0 Å². The zero-order valence-corrected chi connectivity index (χ0v) is 12.3. The molecule has 112 valence electrons. The minimum atomic E-state index is -0.510. The highest BCUT2D eigenvalue weighted by molar-refractivity contribution is 5.71. The number of nitrogens with zero attached hydrogens (tertiary/aromatic N) is 1. The first-order valence-electron chi connectivity index (χ1n) is 6.40. The molecule has 0 aromatic heterocycles. The van der Waals surface area contributed by atoms with Gasteiger partial charge in [-0.05, 0) is 33.7 Å². The summed E-state index contributed by atoms with van der Waals surface area (Å²) in [5.41, 5.74) is 4.46. The molecule has 3 amide bonds. The van der Waals surface area contributed by atoms with Crippen LogP contribution in [0.25, 0.3) is 0 Å². The van der Waals surface area contributed by atoms with Crippen LogP contribution in [-0.4, -0.2) is 55.9 Å². The second kappa shape index (κ2) is 8.58. The number of rotatable bonds is 7. The molecule has 7 heteroatoms. The SMILES string of the molecule is CN(CCNCCCNC(N)=O)C(=O)OC(C)(C)C. The molecule has 0 aromatic rings. The van der Waals surface area contributed by atoms with Gasteiger partial charge in [0.15, 0.2) is 0 Å². The number of carbonyl (C=O) groups is 2. The molecular weight excluding hydrogens is 248 g/mol. The van der Waals surface area contributed by atoms with Crippen LogP contribution in [0.4, 0.5) is 9.59 Å². The summed E-state index contributed by atoms with van der Waals surface area (Å²) in [6.45, 7) is 8.05. The third-order valence-electron chi connectivity index (χ3n) is 2.16. The Morgan fingerprint density at radius 1 is 1.21 bits per heavy atom. The van der Waals surface area contributed by atoms with Crippen molar-refractivity contribution < 1.29 is 14.3 Å². The Bertz CT molecular complexity index is 289. The second-order valence-electron chi connectivity index (χ2n) is 5.30. The molecule has 0 atom stereocenters. The Labute approximate surface area is 114 Å². The maximum atomic E-state index is 11.6. The summed E-state index contributed by atoms with van der Waals surface area (Å²) in [7, 11) is 1.70. The number of carbonyl (C=O) groups excluding carboxylic acids is 2. The number of nitrogens with one attached hydrogen (secondary N) is 2. The van der Waals surface area contributed by atoms with Crippen molar-refractivity contribution in [2.75, 3.05) is 33.2 Å². The summed E-state index contributed by atoms with van der Waals surface area (Å²) < 4.78 is 5.22. The van der Waals surface area contributed by atoms with E-state index in [0.717, 1.165) is 13.0 Å². The van der Waals surface area contributed by atoms with E-state index in [1.54, 1.807) is 7.05 Å². The monoisotopic (exact) mass is 274 g/mol. The Kier molecular flexibility index (Phi) is 7.90. The smallest absolute Gasteiger partial charge is 0.410 e. The summed E-state index contributed by atoms with van der Waals surface area (Å²) in [4.78, 5) is 23.5. The maximum absolute atomic E-state index is 11.6. The predicted octanol–water partition coefficient (Wildman–Crippen LogP) is 0.501. The van der Waals surface area contributed by atoms with Gasteiger partial charge in [0.05, 0.1) is 0 Å². The first kappa shape index (κ1) is 17.5. The Morgan fingerprint density at radius 2 is 1.84 bits per heavy atom. The number of primary amides is 1. The lowest BCUT2D eigenvalue weighted by Crippen LogP contribution is -2.38. The molecule has 0 aliphatic rings. The molecule has 0 heterocycles. The first-order valence-corrected chi connectivity index (χ1v) is 6.40. The van der Waals surface area contributed by atoms with Crippen LogP contribution < -0.4 is 16.4 Å². The van der Waals surface area contributed by atoms with Gasteiger partial charge in [0, 0.05) is 26.7 Å². The van der Waals surface area contributed by atoms with Crippen molar-refractivity contribution in [2.45, 2.75) is 32.8 Å². The highest BCUT2D eigenvalue weighted by atomic mass is 16.6. The number of hydrogen-bond acceptors (Lipinski definition) is 4. The summed E-state index contributed by atoms with van der Waals surface area (Å²) in [5.74, 6) is 0. The van der Waals surface area contributed by atoms with Gasteiger partial charge in [-0.15, -0.1) is 0 Å². The fraction of sp³-hybridized carbons (Fsp3) is 0.833. The van der Waals surface area contributed by atoms with E-state index in [4.69, 9.17) is 10.5 Å². The third kappa shape index (κ3) is 11.3. The molecule has 7 nitrogen and oxygen atoms in total. The number of urea groups is 1. The topological polar surface area (TPSA) is 96.7 Å². The molecule has 0 aliphatic heterocycles. The maximum Gasteiger partial charge on any atom is 0.410 e. The van der Waals surface area contributed by atoms with Crippen molar-refractivity contribution in [3.63, 3.8) is 0 Å². The lowest BCUT2D eigenvalue weighted by atomic mass is 10.2. The van der Waals surface area contributed by atoms with Crippen molar-refractivity contribution in [3.05, 3.63) is 0 Å². The fourth-order valence-corrected chi connectivity index (χ4v) is 1.23. The van der Waals surface area contributed by atoms with E-state index in [-0.39, 0.29) is 6.09 Å². The van der Waals surface area contributed by atoms with Crippen LogP contribution >= 0.6 is 0 Å². The summed E-state index contributed by atoms with van der Waals surface area (Å²) in [5, 5.41) is 5.67. The predicted molar refractivity (Wildman–Crippen MR) is 73.9 cm³/mol. The summed E-state index contributed by atoms with van der Waals surface area (Å²) in [6, 6.07) is -0.510. The molecule has 19 heavy (non-hydrogen) atoms. The van der Waals surface area contributed by atoms with E-state index >= 15 is 0 Å². The van der Waals surface area contributed by atoms with Crippen LogP contribution in [0.1, 0.15) is 27.2 Å². The van der Waals surface area contributed by atoms with Crippen molar-refractivity contribution in [1.29, 1.82) is 0 Å². The average Bonchev–Trinajstić information content (AvgIpc) is 2.24. The van der Waals surface area contributed by atoms with Crippen molar-refractivity contribution in [1.82, 2.24) is 15.5 Å². The van der Waals surface area contributed by atoms with Crippen molar-refractivity contribution in [3.8, 4) is 0 Å². The third-order valence-corrected chi connectivity index (χ3v) is 2.16. The number of nitrogens with two attached hydrogens (primary N) is 1. The van der Waals surface area contributed by atoms with Crippen LogP contribution in [0, 0.1) is 0 Å². The molecular formula is C12H26N4O3. The van der Waals surface area contributed by atoms with Gasteiger partial charge in [0.25, 0.3) is 0 Å². The number of amides is 3. The van der Waals surface area contributed by atoms with Gasteiger partial charge in [0.2, 0.25) is 0 Å². The Morgan fingerprint density at radius 3 is 2.37 bits per heavy atom. The highest BCUT2D eigenvalue weighted by Gasteiger charge is 2.18. The number of ether oxygens (including phenoxy) is 1. The van der Waals surface area contributed by atoms with E-state index in [1.807, 2.05) is 20.8 Å².